The minimum atomic E-state index is 0.888. The van der Waals surface area contributed by atoms with Crippen molar-refractivity contribution < 1.29 is 0 Å². The minimum absolute atomic E-state index is 0.888. The van der Waals surface area contributed by atoms with E-state index in [1.165, 1.54) is 5.92 Å². The van der Waals surface area contributed by atoms with E-state index >= 15 is 0 Å². The van der Waals surface area contributed by atoms with Gasteiger partial charge in [0.05, 0.1) is 0 Å². The number of hydrogen-bond donors (Lipinski definition) is 0. The zero-order valence-electron chi connectivity index (χ0n) is 6.28. The topological polar surface area (TPSA) is 0 Å². The third-order valence-corrected chi connectivity index (χ3v) is 4.40. The van der Waals surface area contributed by atoms with E-state index in [1.54, 1.807) is 19.3 Å². The van der Waals surface area contributed by atoms with Crippen molar-refractivity contribution in [3.05, 3.63) is 0 Å². The highest BCUT2D eigenvalue weighted by molar-refractivity contribution is 5.37. The first-order valence-corrected chi connectivity index (χ1v) is 4.19. The summed E-state index contributed by atoms with van der Waals surface area (Å²) < 4.78 is 0. The van der Waals surface area contributed by atoms with Crippen LogP contribution in [0.4, 0.5) is 0 Å². The van der Waals surface area contributed by atoms with Crippen LogP contribution in [0.5, 0.6) is 0 Å². The molecule has 0 amide bonds. The van der Waals surface area contributed by atoms with E-state index < -0.39 is 0 Å². The van der Waals surface area contributed by atoms with Crippen molar-refractivity contribution in [3.8, 4) is 0 Å². The fourth-order valence-electron chi connectivity index (χ4n) is 3.72. The maximum Gasteiger partial charge on any atom is -0.0199 e. The molecule has 0 aromatic carbocycles. The summed E-state index contributed by atoms with van der Waals surface area (Å²) in [4.78, 5) is 0. The second kappa shape index (κ2) is 0.889. The molecular weight excluding hydrogens is 108 g/mol. The monoisotopic (exact) mass is 122 g/mol. The normalized spacial score (nSPS) is 75.3. The van der Waals surface area contributed by atoms with Crippen molar-refractivity contribution >= 4 is 0 Å². The molecule has 0 aliphatic heterocycles. The van der Waals surface area contributed by atoms with Crippen LogP contribution >= 0.6 is 0 Å². The predicted molar refractivity (Wildman–Crippen MR) is 37.0 cm³/mol. The summed E-state index contributed by atoms with van der Waals surface area (Å²) in [6.45, 7) is 4.91. The molecule has 3 fully saturated rings. The molecule has 0 heteroatoms. The molecule has 0 heterocycles. The lowest BCUT2D eigenvalue weighted by atomic mass is 10.0. The van der Waals surface area contributed by atoms with E-state index in [-0.39, 0.29) is 0 Å². The van der Waals surface area contributed by atoms with Gasteiger partial charge in [-0.1, -0.05) is 13.8 Å². The Morgan fingerprint density at radius 2 is 2.22 bits per heavy atom. The van der Waals surface area contributed by atoms with Crippen LogP contribution in [0.3, 0.4) is 0 Å². The van der Waals surface area contributed by atoms with Gasteiger partial charge in [-0.3, -0.25) is 0 Å². The summed E-state index contributed by atoms with van der Waals surface area (Å²) in [5.74, 6) is 2.24. The molecule has 0 nitrogen and oxygen atoms in total. The van der Waals surface area contributed by atoms with Crippen LogP contribution in [-0.2, 0) is 0 Å². The van der Waals surface area contributed by atoms with E-state index in [1.807, 2.05) is 0 Å². The van der Waals surface area contributed by atoms with E-state index in [4.69, 9.17) is 0 Å². The molecule has 3 rings (SSSR count). The van der Waals surface area contributed by atoms with Gasteiger partial charge in [-0.2, -0.15) is 0 Å². The zero-order valence-corrected chi connectivity index (χ0v) is 6.28. The first-order valence-electron chi connectivity index (χ1n) is 4.19. The van der Waals surface area contributed by atoms with Gasteiger partial charge in [-0.25, -0.2) is 0 Å². The lowest BCUT2D eigenvalue weighted by Crippen LogP contribution is -1.94. The first kappa shape index (κ1) is 4.76. The lowest BCUT2D eigenvalue weighted by molar-refractivity contribution is 0.461. The highest BCUT2D eigenvalue weighted by Crippen LogP contribution is 2.95. The molecule has 0 saturated heterocycles. The molecule has 0 aromatic heterocycles. The summed E-state index contributed by atoms with van der Waals surface area (Å²) in [7, 11) is 0. The van der Waals surface area contributed by atoms with Gasteiger partial charge in [0.1, 0.15) is 0 Å². The molecule has 2 unspecified atom stereocenters. The second-order valence-corrected chi connectivity index (χ2v) is 4.85. The third kappa shape index (κ3) is 0.281. The van der Waals surface area contributed by atoms with Crippen LogP contribution in [-0.4, -0.2) is 0 Å². The molecule has 0 aromatic rings. The number of rotatable bonds is 0. The SMILES string of the molecule is CC1CC2[C@@]3(C1)C[C@@]23C. The standard InChI is InChI=1S/C9H14/c1-6-3-7-8(2)5-9(7,8)4-6/h6-7H,3-5H2,1-2H3/t6?,7?,8-,9+/m0/s1. The van der Waals surface area contributed by atoms with E-state index in [0.717, 1.165) is 16.7 Å². The van der Waals surface area contributed by atoms with Gasteiger partial charge in [-0.05, 0) is 41.9 Å². The Morgan fingerprint density at radius 3 is 2.56 bits per heavy atom. The Bertz CT molecular complexity index is 184. The van der Waals surface area contributed by atoms with Crippen LogP contribution in [0.15, 0.2) is 0 Å². The van der Waals surface area contributed by atoms with Crippen molar-refractivity contribution in [2.75, 3.05) is 0 Å². The summed E-state index contributed by atoms with van der Waals surface area (Å²) in [6.07, 6.45) is 4.69. The summed E-state index contributed by atoms with van der Waals surface area (Å²) in [5.41, 5.74) is 1.83. The fraction of sp³-hybridized carbons (Fsp3) is 1.00. The largest absolute Gasteiger partial charge is 0.0625 e. The fourth-order valence-corrected chi connectivity index (χ4v) is 3.72. The Hall–Kier alpha value is 0. The summed E-state index contributed by atoms with van der Waals surface area (Å²) in [5, 5.41) is 0. The van der Waals surface area contributed by atoms with Gasteiger partial charge in [0.2, 0.25) is 0 Å². The van der Waals surface area contributed by atoms with Gasteiger partial charge in [0.15, 0.2) is 0 Å². The smallest absolute Gasteiger partial charge is 0.0199 e. The van der Waals surface area contributed by atoms with Crippen LogP contribution in [0.1, 0.15) is 33.1 Å². The van der Waals surface area contributed by atoms with Gasteiger partial charge < -0.3 is 0 Å². The quantitative estimate of drug-likeness (QED) is 0.463. The molecule has 0 radical (unpaired) electrons. The molecule has 3 aliphatic rings. The van der Waals surface area contributed by atoms with Gasteiger partial charge >= 0.3 is 0 Å². The molecule has 3 saturated carbocycles. The van der Waals surface area contributed by atoms with Crippen molar-refractivity contribution in [1.29, 1.82) is 0 Å². The van der Waals surface area contributed by atoms with E-state index in [2.05, 4.69) is 13.8 Å². The van der Waals surface area contributed by atoms with Gasteiger partial charge in [-0.15, -0.1) is 0 Å². The lowest BCUT2D eigenvalue weighted by Gasteiger charge is -2.04. The Morgan fingerprint density at radius 1 is 1.44 bits per heavy atom. The highest BCUT2D eigenvalue weighted by atomic mass is 14.9. The van der Waals surface area contributed by atoms with E-state index in [0.29, 0.717) is 0 Å². The first-order chi connectivity index (χ1) is 4.19. The minimum Gasteiger partial charge on any atom is -0.0625 e. The molecule has 50 valence electrons. The number of hydrogen-bond acceptors (Lipinski definition) is 0. The third-order valence-electron chi connectivity index (χ3n) is 4.40. The maximum absolute atomic E-state index is 2.49. The molecule has 0 N–H and O–H groups in total. The van der Waals surface area contributed by atoms with Crippen molar-refractivity contribution in [3.63, 3.8) is 0 Å². The average molecular weight is 122 g/mol. The van der Waals surface area contributed by atoms with Crippen LogP contribution in [0, 0.1) is 22.7 Å². The predicted octanol–water partition coefficient (Wildman–Crippen LogP) is 2.44. The molecule has 9 heavy (non-hydrogen) atoms. The van der Waals surface area contributed by atoms with Crippen LogP contribution in [0.2, 0.25) is 0 Å². The van der Waals surface area contributed by atoms with E-state index in [9.17, 15) is 0 Å². The van der Waals surface area contributed by atoms with Crippen molar-refractivity contribution in [1.82, 2.24) is 0 Å². The van der Waals surface area contributed by atoms with Crippen molar-refractivity contribution in [2.45, 2.75) is 33.1 Å². The second-order valence-electron chi connectivity index (χ2n) is 4.85. The van der Waals surface area contributed by atoms with Crippen LogP contribution < -0.4 is 0 Å². The molecular formula is C9H14. The summed E-state index contributed by atoms with van der Waals surface area (Å²) >= 11 is 0. The van der Waals surface area contributed by atoms with Crippen molar-refractivity contribution in [2.24, 2.45) is 22.7 Å². The Labute approximate surface area is 56.6 Å². The van der Waals surface area contributed by atoms with Gasteiger partial charge in [0, 0.05) is 0 Å². The Kier molecular flexibility index (Phi) is 0.470. The van der Waals surface area contributed by atoms with Crippen LogP contribution in [0.25, 0.3) is 0 Å². The molecule has 1 spiro atoms. The maximum atomic E-state index is 2.49. The summed E-state index contributed by atoms with van der Waals surface area (Å²) in [6, 6.07) is 0. The number of fused-ring (bicyclic) bond motifs is 1. The zero-order chi connectivity index (χ0) is 6.28. The Balaban J connectivity index is 1.94. The molecule has 4 atom stereocenters. The molecule has 0 bridgehead atoms. The van der Waals surface area contributed by atoms with Gasteiger partial charge in [0.25, 0.3) is 0 Å². The highest BCUT2D eigenvalue weighted by Gasteiger charge is 2.89. The molecule has 3 aliphatic carbocycles. The average Bonchev–Trinajstić information content (AvgIpc) is 2.38.